The highest BCUT2D eigenvalue weighted by atomic mass is 32.2. The van der Waals surface area contributed by atoms with E-state index < -0.39 is 10.1 Å². The van der Waals surface area contributed by atoms with Crippen LogP contribution in [-0.4, -0.2) is 18.8 Å². The third-order valence-electron chi connectivity index (χ3n) is 3.54. The maximum atomic E-state index is 11.1. The van der Waals surface area contributed by atoms with Gasteiger partial charge in [-0.15, -0.1) is 0 Å². The molecule has 0 unspecified atom stereocenters. The van der Waals surface area contributed by atoms with Gasteiger partial charge in [-0.3, -0.25) is 4.79 Å². The predicted octanol–water partition coefficient (Wildman–Crippen LogP) is 2.82. The van der Waals surface area contributed by atoms with E-state index in [1.165, 1.54) is 29.8 Å². The molecular formula is C20H19NO4S. The Morgan fingerprint density at radius 2 is 1.38 bits per heavy atom. The Bertz CT molecular complexity index is 938. The fraction of sp³-hybridized carbons (Fsp3) is 0.100. The van der Waals surface area contributed by atoms with Gasteiger partial charge in [0.25, 0.3) is 0 Å². The summed E-state index contributed by atoms with van der Waals surface area (Å²) in [5.41, 5.74) is 2.01. The summed E-state index contributed by atoms with van der Waals surface area (Å²) >= 11 is 0. The number of ketones is 1. The fourth-order valence-corrected chi connectivity index (χ4v) is 2.67. The molecule has 0 atom stereocenters. The number of carbonyl (C=O) groups is 1. The molecule has 0 radical (unpaired) electrons. The van der Waals surface area contributed by atoms with Gasteiger partial charge in [0.2, 0.25) is 0 Å². The third kappa shape index (κ3) is 6.23. The highest BCUT2D eigenvalue weighted by molar-refractivity contribution is 7.85. The zero-order valence-corrected chi connectivity index (χ0v) is 15.1. The number of hydrogen-bond acceptors (Lipinski definition) is 4. The molecule has 3 rings (SSSR count). The normalized spacial score (nSPS) is 10.5. The molecule has 2 aromatic carbocycles. The SMILES string of the molecule is CC(=O)c1cc[n+](Cc2ccccc2)cc1.O=S(=O)([O-])c1ccccc1. The smallest absolute Gasteiger partial charge is 0.173 e. The Kier molecular flexibility index (Phi) is 6.77. The highest BCUT2D eigenvalue weighted by Crippen LogP contribution is 2.05. The maximum absolute atomic E-state index is 11.1. The number of carbonyl (C=O) groups excluding carboxylic acids is 1. The number of benzene rings is 2. The van der Waals surface area contributed by atoms with Crippen LogP contribution >= 0.6 is 0 Å². The second-order valence-electron chi connectivity index (χ2n) is 5.57. The Hall–Kier alpha value is -2.83. The van der Waals surface area contributed by atoms with E-state index in [2.05, 4.69) is 16.7 Å². The van der Waals surface area contributed by atoms with E-state index in [1.54, 1.807) is 13.0 Å². The molecule has 0 aliphatic rings. The lowest BCUT2D eigenvalue weighted by atomic mass is 10.2. The molecule has 0 saturated heterocycles. The minimum Gasteiger partial charge on any atom is -0.744 e. The number of pyridine rings is 1. The standard InChI is InChI=1S/C14H14NO.C6H6O3S/c1-12(16)14-7-9-15(10-8-14)11-13-5-3-2-4-6-13;7-10(8,9)6-4-2-1-3-5-6/h2-10H,11H2,1H3;1-5H,(H,7,8,9)/q+1;/p-1. The van der Waals surface area contributed by atoms with E-state index in [9.17, 15) is 17.8 Å². The molecule has 0 aliphatic heterocycles. The summed E-state index contributed by atoms with van der Waals surface area (Å²) < 4.78 is 32.9. The van der Waals surface area contributed by atoms with Crippen LogP contribution in [-0.2, 0) is 16.7 Å². The summed E-state index contributed by atoms with van der Waals surface area (Å²) in [5.74, 6) is 0.104. The second-order valence-corrected chi connectivity index (χ2v) is 6.95. The highest BCUT2D eigenvalue weighted by Gasteiger charge is 2.04. The molecule has 0 fully saturated rings. The molecule has 0 saturated carbocycles. The van der Waals surface area contributed by atoms with Crippen LogP contribution in [0, 0.1) is 0 Å². The lowest BCUT2D eigenvalue weighted by molar-refractivity contribution is -0.688. The van der Waals surface area contributed by atoms with Crippen LogP contribution in [0.25, 0.3) is 0 Å². The van der Waals surface area contributed by atoms with E-state index in [1.807, 2.05) is 42.7 Å². The van der Waals surface area contributed by atoms with Crippen LogP contribution in [0.2, 0.25) is 0 Å². The Balaban J connectivity index is 0.000000209. The molecule has 26 heavy (non-hydrogen) atoms. The summed E-state index contributed by atoms with van der Waals surface area (Å²) in [6, 6.07) is 21.1. The van der Waals surface area contributed by atoms with Crippen molar-refractivity contribution in [1.82, 2.24) is 0 Å². The minimum absolute atomic E-state index is 0.104. The Morgan fingerprint density at radius 1 is 0.885 bits per heavy atom. The summed E-state index contributed by atoms with van der Waals surface area (Å²) in [5, 5.41) is 0. The molecule has 0 N–H and O–H groups in total. The molecule has 1 heterocycles. The van der Waals surface area contributed by atoms with Gasteiger partial charge >= 0.3 is 0 Å². The molecule has 0 aliphatic carbocycles. The first-order valence-corrected chi connectivity index (χ1v) is 9.32. The molecule has 5 nitrogen and oxygen atoms in total. The van der Waals surface area contributed by atoms with Crippen molar-refractivity contribution in [3.63, 3.8) is 0 Å². The van der Waals surface area contributed by atoms with Gasteiger partial charge < -0.3 is 4.55 Å². The molecular weight excluding hydrogens is 350 g/mol. The van der Waals surface area contributed by atoms with E-state index in [0.717, 1.165) is 12.1 Å². The van der Waals surface area contributed by atoms with Crippen LogP contribution in [0.5, 0.6) is 0 Å². The zero-order valence-electron chi connectivity index (χ0n) is 14.3. The van der Waals surface area contributed by atoms with Crippen LogP contribution < -0.4 is 4.57 Å². The van der Waals surface area contributed by atoms with Crippen LogP contribution in [0.15, 0.2) is 90.1 Å². The van der Waals surface area contributed by atoms with Gasteiger partial charge in [0, 0.05) is 23.3 Å². The van der Waals surface area contributed by atoms with Gasteiger partial charge in [0.15, 0.2) is 24.7 Å². The maximum Gasteiger partial charge on any atom is 0.173 e. The predicted molar refractivity (Wildman–Crippen MR) is 96.6 cm³/mol. The van der Waals surface area contributed by atoms with E-state index in [0.29, 0.717) is 0 Å². The molecule has 134 valence electrons. The largest absolute Gasteiger partial charge is 0.744 e. The Labute approximate surface area is 153 Å². The van der Waals surface area contributed by atoms with Gasteiger partial charge in [-0.25, -0.2) is 13.0 Å². The average molecular weight is 369 g/mol. The molecule has 0 bridgehead atoms. The van der Waals surface area contributed by atoms with Gasteiger partial charge in [-0.05, 0) is 19.1 Å². The molecule has 6 heteroatoms. The van der Waals surface area contributed by atoms with Crippen molar-refractivity contribution in [3.05, 3.63) is 96.3 Å². The van der Waals surface area contributed by atoms with Gasteiger partial charge in [0.1, 0.15) is 10.1 Å². The molecule has 0 spiro atoms. The van der Waals surface area contributed by atoms with Crippen molar-refractivity contribution in [2.45, 2.75) is 18.4 Å². The molecule has 1 aromatic heterocycles. The first-order chi connectivity index (χ1) is 12.4. The van der Waals surface area contributed by atoms with E-state index in [4.69, 9.17) is 0 Å². The number of hydrogen-bond donors (Lipinski definition) is 0. The third-order valence-corrected chi connectivity index (χ3v) is 4.39. The molecule has 0 amide bonds. The van der Waals surface area contributed by atoms with Crippen molar-refractivity contribution in [2.75, 3.05) is 0 Å². The first kappa shape index (κ1) is 19.5. The summed E-state index contributed by atoms with van der Waals surface area (Å²) in [4.78, 5) is 10.9. The Morgan fingerprint density at radius 3 is 1.81 bits per heavy atom. The van der Waals surface area contributed by atoms with Gasteiger partial charge in [0.05, 0.1) is 4.90 Å². The minimum atomic E-state index is -4.25. The number of aromatic nitrogens is 1. The van der Waals surface area contributed by atoms with Crippen LogP contribution in [0.1, 0.15) is 22.8 Å². The number of rotatable bonds is 4. The monoisotopic (exact) mass is 369 g/mol. The summed E-state index contributed by atoms with van der Waals surface area (Å²) in [7, 11) is -4.25. The van der Waals surface area contributed by atoms with Gasteiger partial charge in [-0.1, -0.05) is 48.5 Å². The first-order valence-electron chi connectivity index (χ1n) is 7.91. The van der Waals surface area contributed by atoms with Crippen molar-refractivity contribution < 1.29 is 22.3 Å². The zero-order chi connectivity index (χ0) is 19.0. The number of Topliss-reactive ketones (excluding diaryl/α,β-unsaturated/α-hetero) is 1. The van der Waals surface area contributed by atoms with Crippen molar-refractivity contribution in [2.24, 2.45) is 0 Å². The quantitative estimate of drug-likeness (QED) is 0.402. The van der Waals surface area contributed by atoms with Crippen molar-refractivity contribution >= 4 is 15.9 Å². The lowest BCUT2D eigenvalue weighted by Crippen LogP contribution is -2.33. The average Bonchev–Trinajstić information content (AvgIpc) is 2.64. The van der Waals surface area contributed by atoms with Crippen molar-refractivity contribution in [3.8, 4) is 0 Å². The second kappa shape index (κ2) is 9.03. The topological polar surface area (TPSA) is 78.1 Å². The van der Waals surface area contributed by atoms with Crippen molar-refractivity contribution in [1.29, 1.82) is 0 Å². The summed E-state index contributed by atoms with van der Waals surface area (Å²) in [6.45, 7) is 2.41. The number of nitrogens with zero attached hydrogens (tertiary/aromatic N) is 1. The van der Waals surface area contributed by atoms with Gasteiger partial charge in [-0.2, -0.15) is 0 Å². The van der Waals surface area contributed by atoms with E-state index in [-0.39, 0.29) is 10.7 Å². The fourth-order valence-electron chi connectivity index (χ4n) is 2.18. The van der Waals surface area contributed by atoms with E-state index >= 15 is 0 Å². The molecule has 3 aromatic rings. The lowest BCUT2D eigenvalue weighted by Gasteiger charge is -2.04. The van der Waals surface area contributed by atoms with Crippen LogP contribution in [0.4, 0.5) is 0 Å². The summed E-state index contributed by atoms with van der Waals surface area (Å²) in [6.07, 6.45) is 3.87. The van der Waals surface area contributed by atoms with Crippen LogP contribution in [0.3, 0.4) is 0 Å².